The van der Waals surface area contributed by atoms with Gasteiger partial charge in [0.15, 0.2) is 0 Å². The van der Waals surface area contributed by atoms with Crippen molar-refractivity contribution in [2.75, 3.05) is 0 Å². The minimum atomic E-state index is 0.696. The Morgan fingerprint density at radius 2 is 2.22 bits per heavy atom. The molecule has 3 heterocycles. The van der Waals surface area contributed by atoms with E-state index in [-0.39, 0.29) is 0 Å². The number of oxazole rings is 1. The largest absolute Gasteiger partial charge is 0.444 e. The second-order valence-corrected chi connectivity index (χ2v) is 5.52. The third-order valence-corrected chi connectivity index (χ3v) is 4.12. The zero-order valence-corrected chi connectivity index (χ0v) is 11.1. The Morgan fingerprint density at radius 1 is 1.22 bits per heavy atom. The van der Waals surface area contributed by atoms with Crippen LogP contribution in [-0.4, -0.2) is 9.97 Å². The number of hydrogen-bond donors (Lipinski definition) is 0. The SMILES string of the molecule is c1ccc(SCc2coc(-c3cccs3)n2)nc1. The maximum Gasteiger partial charge on any atom is 0.236 e. The smallest absolute Gasteiger partial charge is 0.236 e. The van der Waals surface area contributed by atoms with Crippen LogP contribution in [0.5, 0.6) is 0 Å². The fourth-order valence-corrected chi connectivity index (χ4v) is 2.86. The normalized spacial score (nSPS) is 10.7. The molecule has 0 aliphatic carbocycles. The molecule has 0 spiro atoms. The molecule has 0 aromatic carbocycles. The number of rotatable bonds is 4. The summed E-state index contributed by atoms with van der Waals surface area (Å²) in [7, 11) is 0. The van der Waals surface area contributed by atoms with Crippen LogP contribution in [0.25, 0.3) is 10.8 Å². The van der Waals surface area contributed by atoms with Gasteiger partial charge >= 0.3 is 0 Å². The molecule has 0 bridgehead atoms. The van der Waals surface area contributed by atoms with Gasteiger partial charge in [-0.15, -0.1) is 11.3 Å². The van der Waals surface area contributed by atoms with Crippen molar-refractivity contribution in [1.82, 2.24) is 9.97 Å². The maximum absolute atomic E-state index is 5.46. The average Bonchev–Trinajstić information content (AvgIpc) is 3.08. The molecule has 3 aromatic rings. The summed E-state index contributed by atoms with van der Waals surface area (Å²) < 4.78 is 5.46. The molecular formula is C13H10N2OS2. The Kier molecular flexibility index (Phi) is 3.43. The molecule has 0 saturated heterocycles. The van der Waals surface area contributed by atoms with E-state index in [2.05, 4.69) is 9.97 Å². The molecule has 0 amide bonds. The van der Waals surface area contributed by atoms with Crippen LogP contribution in [0.1, 0.15) is 5.69 Å². The zero-order chi connectivity index (χ0) is 12.2. The summed E-state index contributed by atoms with van der Waals surface area (Å²) in [6.45, 7) is 0. The van der Waals surface area contributed by atoms with Crippen LogP contribution in [0.2, 0.25) is 0 Å². The first-order valence-corrected chi connectivity index (χ1v) is 7.30. The first-order chi connectivity index (χ1) is 8.92. The van der Waals surface area contributed by atoms with Crippen molar-refractivity contribution in [1.29, 1.82) is 0 Å². The zero-order valence-electron chi connectivity index (χ0n) is 9.45. The highest BCUT2D eigenvalue weighted by Crippen LogP contribution is 2.26. The summed E-state index contributed by atoms with van der Waals surface area (Å²) in [5, 5.41) is 3.01. The van der Waals surface area contributed by atoms with Crippen LogP contribution in [0.4, 0.5) is 0 Å². The van der Waals surface area contributed by atoms with E-state index in [1.807, 2.05) is 35.7 Å². The summed E-state index contributed by atoms with van der Waals surface area (Å²) in [4.78, 5) is 9.78. The molecule has 0 N–H and O–H groups in total. The summed E-state index contributed by atoms with van der Waals surface area (Å²) in [6, 6.07) is 9.88. The summed E-state index contributed by atoms with van der Waals surface area (Å²) in [6.07, 6.45) is 3.51. The predicted molar refractivity (Wildman–Crippen MR) is 73.6 cm³/mol. The fourth-order valence-electron chi connectivity index (χ4n) is 1.47. The molecule has 90 valence electrons. The highest BCUT2D eigenvalue weighted by atomic mass is 32.2. The van der Waals surface area contributed by atoms with Crippen LogP contribution in [-0.2, 0) is 5.75 Å². The molecule has 5 heteroatoms. The van der Waals surface area contributed by atoms with Crippen LogP contribution in [0, 0.1) is 0 Å². The lowest BCUT2D eigenvalue weighted by Gasteiger charge is -1.95. The quantitative estimate of drug-likeness (QED) is 0.672. The lowest BCUT2D eigenvalue weighted by Crippen LogP contribution is -1.82. The number of thioether (sulfide) groups is 1. The van der Waals surface area contributed by atoms with Gasteiger partial charge in [0.2, 0.25) is 5.89 Å². The summed E-state index contributed by atoms with van der Waals surface area (Å²) in [5.74, 6) is 1.47. The minimum absolute atomic E-state index is 0.696. The van der Waals surface area contributed by atoms with Gasteiger partial charge in [0.1, 0.15) is 6.26 Å². The molecule has 0 radical (unpaired) electrons. The molecule has 3 nitrogen and oxygen atoms in total. The second-order valence-electron chi connectivity index (χ2n) is 3.58. The third kappa shape index (κ3) is 2.63. The van der Waals surface area contributed by atoms with Gasteiger partial charge in [-0.2, -0.15) is 0 Å². The van der Waals surface area contributed by atoms with Crippen molar-refractivity contribution in [3.05, 3.63) is 53.9 Å². The van der Waals surface area contributed by atoms with Gasteiger partial charge in [-0.3, -0.25) is 0 Å². The van der Waals surface area contributed by atoms with E-state index < -0.39 is 0 Å². The van der Waals surface area contributed by atoms with E-state index in [0.29, 0.717) is 5.89 Å². The molecule has 3 rings (SSSR count). The topological polar surface area (TPSA) is 38.9 Å². The molecule has 18 heavy (non-hydrogen) atoms. The van der Waals surface area contributed by atoms with Gasteiger partial charge in [-0.25, -0.2) is 9.97 Å². The Labute approximate surface area is 113 Å². The van der Waals surface area contributed by atoms with Crippen molar-refractivity contribution >= 4 is 23.1 Å². The number of nitrogens with zero attached hydrogens (tertiary/aromatic N) is 2. The first-order valence-electron chi connectivity index (χ1n) is 5.44. The van der Waals surface area contributed by atoms with Crippen molar-refractivity contribution in [3.8, 4) is 10.8 Å². The van der Waals surface area contributed by atoms with Crippen LogP contribution < -0.4 is 0 Å². The van der Waals surface area contributed by atoms with Gasteiger partial charge < -0.3 is 4.42 Å². The Morgan fingerprint density at radius 3 is 3.00 bits per heavy atom. The van der Waals surface area contributed by atoms with E-state index in [1.165, 1.54) is 0 Å². The van der Waals surface area contributed by atoms with Crippen LogP contribution in [0.3, 0.4) is 0 Å². The van der Waals surface area contributed by atoms with Crippen molar-refractivity contribution < 1.29 is 4.42 Å². The number of aromatic nitrogens is 2. The van der Waals surface area contributed by atoms with Crippen molar-refractivity contribution in [2.24, 2.45) is 0 Å². The molecule has 0 aliphatic heterocycles. The molecular weight excluding hydrogens is 264 g/mol. The second kappa shape index (κ2) is 5.37. The highest BCUT2D eigenvalue weighted by Gasteiger charge is 2.07. The molecule has 0 saturated carbocycles. The molecule has 0 unspecified atom stereocenters. The van der Waals surface area contributed by atoms with Crippen molar-refractivity contribution in [3.63, 3.8) is 0 Å². The standard InChI is InChI=1S/C13H10N2OS2/c1-2-6-14-12(5-1)18-9-10-8-16-13(15-10)11-4-3-7-17-11/h1-8H,9H2. The summed E-state index contributed by atoms with van der Waals surface area (Å²) in [5.41, 5.74) is 0.939. The third-order valence-electron chi connectivity index (χ3n) is 2.29. The van der Waals surface area contributed by atoms with Gasteiger partial charge in [0.05, 0.1) is 15.6 Å². The van der Waals surface area contributed by atoms with Crippen molar-refractivity contribution in [2.45, 2.75) is 10.8 Å². The molecule has 3 aromatic heterocycles. The van der Waals surface area contributed by atoms with E-state index in [1.54, 1.807) is 35.6 Å². The fraction of sp³-hybridized carbons (Fsp3) is 0.0769. The predicted octanol–water partition coefficient (Wildman–Crippen LogP) is 4.09. The van der Waals surface area contributed by atoms with E-state index >= 15 is 0 Å². The minimum Gasteiger partial charge on any atom is -0.444 e. The average molecular weight is 274 g/mol. The maximum atomic E-state index is 5.46. The van der Waals surface area contributed by atoms with Gasteiger partial charge in [0.25, 0.3) is 0 Å². The summed E-state index contributed by atoms with van der Waals surface area (Å²) >= 11 is 3.28. The molecule has 0 atom stereocenters. The Balaban J connectivity index is 1.68. The van der Waals surface area contributed by atoms with Crippen LogP contribution in [0.15, 0.2) is 57.6 Å². The van der Waals surface area contributed by atoms with E-state index in [0.717, 1.165) is 21.3 Å². The lowest BCUT2D eigenvalue weighted by atomic mass is 10.5. The number of pyridine rings is 1. The number of thiophene rings is 1. The van der Waals surface area contributed by atoms with Gasteiger partial charge in [0, 0.05) is 11.9 Å². The monoisotopic (exact) mass is 274 g/mol. The van der Waals surface area contributed by atoms with E-state index in [9.17, 15) is 0 Å². The lowest BCUT2D eigenvalue weighted by molar-refractivity contribution is 0.575. The Bertz CT molecular complexity index is 605. The highest BCUT2D eigenvalue weighted by molar-refractivity contribution is 7.98. The van der Waals surface area contributed by atoms with Gasteiger partial charge in [-0.05, 0) is 23.6 Å². The Hall–Kier alpha value is -1.59. The molecule has 0 aliphatic rings. The van der Waals surface area contributed by atoms with Crippen LogP contribution >= 0.6 is 23.1 Å². The first kappa shape index (κ1) is 11.5. The molecule has 0 fully saturated rings. The van der Waals surface area contributed by atoms with E-state index in [4.69, 9.17) is 4.42 Å². The van der Waals surface area contributed by atoms with Gasteiger partial charge in [-0.1, -0.05) is 23.9 Å². The number of hydrogen-bond acceptors (Lipinski definition) is 5.